The summed E-state index contributed by atoms with van der Waals surface area (Å²) < 4.78 is 0. The van der Waals surface area contributed by atoms with Crippen LogP contribution in [0.15, 0.2) is 0 Å². The highest BCUT2D eigenvalue weighted by Crippen LogP contribution is 2.35. The van der Waals surface area contributed by atoms with E-state index in [9.17, 15) is 5.11 Å². The van der Waals surface area contributed by atoms with Gasteiger partial charge in [-0.15, -0.1) is 0 Å². The Morgan fingerprint density at radius 1 is 0.846 bits per heavy atom. The molecule has 0 heterocycles. The zero-order valence-electron chi connectivity index (χ0n) is 8.54. The van der Waals surface area contributed by atoms with Gasteiger partial charge >= 0.3 is 0 Å². The maximum atomic E-state index is 9.77. The molecule has 13 heavy (non-hydrogen) atoms. The van der Waals surface area contributed by atoms with E-state index >= 15 is 0 Å². The third kappa shape index (κ3) is 2.46. The van der Waals surface area contributed by atoms with E-state index in [4.69, 9.17) is 0 Å². The molecule has 2 aliphatic rings. The molecule has 2 saturated carbocycles. The summed E-state index contributed by atoms with van der Waals surface area (Å²) in [6.45, 7) is 0. The second-order valence-corrected chi connectivity index (χ2v) is 4.99. The number of hydrogen-bond acceptors (Lipinski definition) is 1. The molecule has 0 aromatic heterocycles. The highest BCUT2D eigenvalue weighted by molar-refractivity contribution is 4.77. The van der Waals surface area contributed by atoms with Crippen molar-refractivity contribution in [1.29, 1.82) is 0 Å². The summed E-state index contributed by atoms with van der Waals surface area (Å²) in [5.74, 6) is 1.67. The molecule has 1 nitrogen and oxygen atoms in total. The van der Waals surface area contributed by atoms with Gasteiger partial charge in [-0.3, -0.25) is 0 Å². The first-order chi connectivity index (χ1) is 6.36. The zero-order valence-corrected chi connectivity index (χ0v) is 8.54. The van der Waals surface area contributed by atoms with Crippen LogP contribution in [-0.2, 0) is 0 Å². The SMILES string of the molecule is OC1CCCCC1CCC1CCC1. The molecule has 2 fully saturated rings. The molecule has 0 amide bonds. The number of aliphatic hydroxyl groups is 1. The van der Waals surface area contributed by atoms with Crippen LogP contribution < -0.4 is 0 Å². The highest BCUT2D eigenvalue weighted by atomic mass is 16.3. The molecule has 2 rings (SSSR count). The summed E-state index contributed by atoms with van der Waals surface area (Å²) in [5.41, 5.74) is 0. The third-order valence-corrected chi connectivity index (χ3v) is 4.04. The number of rotatable bonds is 3. The van der Waals surface area contributed by atoms with E-state index in [0.717, 1.165) is 12.3 Å². The van der Waals surface area contributed by atoms with Gasteiger partial charge in [-0.05, 0) is 31.1 Å². The molecule has 0 aromatic carbocycles. The summed E-state index contributed by atoms with van der Waals surface area (Å²) >= 11 is 0. The van der Waals surface area contributed by atoms with Crippen molar-refractivity contribution in [3.63, 3.8) is 0 Å². The smallest absolute Gasteiger partial charge is 0.0568 e. The van der Waals surface area contributed by atoms with Gasteiger partial charge in [-0.2, -0.15) is 0 Å². The largest absolute Gasteiger partial charge is 0.393 e. The van der Waals surface area contributed by atoms with Crippen molar-refractivity contribution in [1.82, 2.24) is 0 Å². The molecule has 2 atom stereocenters. The minimum atomic E-state index is 0.0360. The van der Waals surface area contributed by atoms with E-state index < -0.39 is 0 Å². The normalized spacial score (nSPS) is 35.8. The number of aliphatic hydroxyl groups excluding tert-OH is 1. The van der Waals surface area contributed by atoms with Gasteiger partial charge in [0.05, 0.1) is 6.10 Å². The van der Waals surface area contributed by atoms with Crippen molar-refractivity contribution in [2.75, 3.05) is 0 Å². The first-order valence-corrected chi connectivity index (χ1v) is 6.04. The molecule has 0 radical (unpaired) electrons. The van der Waals surface area contributed by atoms with Gasteiger partial charge in [-0.1, -0.05) is 38.5 Å². The Morgan fingerprint density at radius 3 is 2.23 bits per heavy atom. The fourth-order valence-electron chi connectivity index (χ4n) is 2.76. The van der Waals surface area contributed by atoms with Crippen LogP contribution in [0.5, 0.6) is 0 Å². The summed E-state index contributed by atoms with van der Waals surface area (Å²) in [4.78, 5) is 0. The quantitative estimate of drug-likeness (QED) is 0.711. The molecule has 1 N–H and O–H groups in total. The van der Waals surface area contributed by atoms with Gasteiger partial charge in [0.2, 0.25) is 0 Å². The molecule has 0 bridgehead atoms. The first kappa shape index (κ1) is 9.51. The maximum absolute atomic E-state index is 9.77. The lowest BCUT2D eigenvalue weighted by molar-refractivity contribution is 0.0590. The lowest BCUT2D eigenvalue weighted by atomic mass is 9.77. The Balaban J connectivity index is 1.66. The third-order valence-electron chi connectivity index (χ3n) is 4.04. The van der Waals surface area contributed by atoms with Gasteiger partial charge in [0.1, 0.15) is 0 Å². The molecule has 0 aromatic rings. The molecule has 0 saturated heterocycles. The molecular formula is C12H22O. The molecule has 2 aliphatic carbocycles. The van der Waals surface area contributed by atoms with Crippen molar-refractivity contribution in [2.24, 2.45) is 11.8 Å². The fraction of sp³-hybridized carbons (Fsp3) is 1.00. The monoisotopic (exact) mass is 182 g/mol. The minimum Gasteiger partial charge on any atom is -0.393 e. The Labute approximate surface area is 81.5 Å². The van der Waals surface area contributed by atoms with Gasteiger partial charge in [-0.25, -0.2) is 0 Å². The highest BCUT2D eigenvalue weighted by Gasteiger charge is 2.25. The van der Waals surface area contributed by atoms with Gasteiger partial charge in [0.25, 0.3) is 0 Å². The fourth-order valence-corrected chi connectivity index (χ4v) is 2.76. The molecule has 2 unspecified atom stereocenters. The second-order valence-electron chi connectivity index (χ2n) is 4.99. The van der Waals surface area contributed by atoms with Gasteiger partial charge in [0, 0.05) is 0 Å². The van der Waals surface area contributed by atoms with Crippen LogP contribution in [0.25, 0.3) is 0 Å². The lowest BCUT2D eigenvalue weighted by Gasteiger charge is -2.31. The van der Waals surface area contributed by atoms with Crippen LogP contribution in [-0.4, -0.2) is 11.2 Å². The second kappa shape index (κ2) is 4.45. The standard InChI is InChI=1S/C12H22O/c13-12-7-2-1-6-11(12)9-8-10-4-3-5-10/h10-13H,1-9H2. The Bertz CT molecular complexity index is 151. The molecular weight excluding hydrogens is 160 g/mol. The van der Waals surface area contributed by atoms with E-state index in [1.807, 2.05) is 0 Å². The summed E-state index contributed by atoms with van der Waals surface area (Å²) in [6, 6.07) is 0. The van der Waals surface area contributed by atoms with E-state index in [-0.39, 0.29) is 6.10 Å². The van der Waals surface area contributed by atoms with Crippen LogP contribution in [0.2, 0.25) is 0 Å². The zero-order chi connectivity index (χ0) is 9.10. The predicted molar refractivity (Wildman–Crippen MR) is 54.5 cm³/mol. The summed E-state index contributed by atoms with van der Waals surface area (Å²) in [7, 11) is 0. The van der Waals surface area contributed by atoms with E-state index in [0.29, 0.717) is 5.92 Å². The average Bonchev–Trinajstić information content (AvgIpc) is 2.05. The first-order valence-electron chi connectivity index (χ1n) is 6.04. The van der Waals surface area contributed by atoms with Crippen LogP contribution in [0.1, 0.15) is 57.8 Å². The van der Waals surface area contributed by atoms with Crippen LogP contribution in [0.3, 0.4) is 0 Å². The molecule has 0 aliphatic heterocycles. The molecule has 0 spiro atoms. The van der Waals surface area contributed by atoms with Gasteiger partial charge in [0.15, 0.2) is 0 Å². The number of hydrogen-bond donors (Lipinski definition) is 1. The Kier molecular flexibility index (Phi) is 3.26. The lowest BCUT2D eigenvalue weighted by Crippen LogP contribution is -2.25. The van der Waals surface area contributed by atoms with Crippen molar-refractivity contribution in [3.8, 4) is 0 Å². The minimum absolute atomic E-state index is 0.0360. The van der Waals surface area contributed by atoms with Crippen LogP contribution >= 0.6 is 0 Å². The van der Waals surface area contributed by atoms with Crippen molar-refractivity contribution >= 4 is 0 Å². The average molecular weight is 182 g/mol. The summed E-state index contributed by atoms with van der Waals surface area (Å²) in [6.07, 6.45) is 12.1. The van der Waals surface area contributed by atoms with Crippen molar-refractivity contribution in [2.45, 2.75) is 63.9 Å². The Morgan fingerprint density at radius 2 is 1.62 bits per heavy atom. The van der Waals surface area contributed by atoms with E-state index in [1.165, 1.54) is 51.4 Å². The summed E-state index contributed by atoms with van der Waals surface area (Å²) in [5, 5.41) is 9.77. The van der Waals surface area contributed by atoms with Crippen molar-refractivity contribution in [3.05, 3.63) is 0 Å². The molecule has 1 heteroatoms. The van der Waals surface area contributed by atoms with Crippen LogP contribution in [0.4, 0.5) is 0 Å². The van der Waals surface area contributed by atoms with Gasteiger partial charge < -0.3 is 5.11 Å². The van der Waals surface area contributed by atoms with E-state index in [1.54, 1.807) is 0 Å². The van der Waals surface area contributed by atoms with E-state index in [2.05, 4.69) is 0 Å². The molecule has 76 valence electrons. The maximum Gasteiger partial charge on any atom is 0.0568 e. The predicted octanol–water partition coefficient (Wildman–Crippen LogP) is 3.12. The topological polar surface area (TPSA) is 20.2 Å². The Hall–Kier alpha value is -0.0400. The van der Waals surface area contributed by atoms with Crippen molar-refractivity contribution < 1.29 is 5.11 Å². The van der Waals surface area contributed by atoms with Crippen LogP contribution in [0, 0.1) is 11.8 Å².